The lowest BCUT2D eigenvalue weighted by molar-refractivity contribution is -0.137. The molecule has 0 fully saturated rings. The van der Waals surface area contributed by atoms with Gasteiger partial charge in [-0.2, -0.15) is 13.2 Å². The van der Waals surface area contributed by atoms with Crippen molar-refractivity contribution in [2.24, 2.45) is 0 Å². The van der Waals surface area contributed by atoms with E-state index in [1.165, 1.54) is 30.7 Å². The van der Waals surface area contributed by atoms with E-state index in [0.717, 1.165) is 11.6 Å². The monoisotopic (exact) mass is 603 g/mol. The standard InChI is InChI=1S/C27H21ClF3N5O4S/c1-16-2-8-19(9-3-16)41(39,40)35(26(37)38)11-10-17-4-6-18(7-5-17)36-24-13-21(28)20(27(29,30)31)12-22(24)34-25(36)23-14-32-15-33-23/h2-9,12-15H,10-11H2,1H3,(H,32,33)(H,37,38). The zero-order valence-electron chi connectivity index (χ0n) is 21.2. The molecular weight excluding hydrogens is 583 g/mol. The molecule has 2 aromatic heterocycles. The number of aromatic amines is 1. The molecule has 0 aliphatic carbocycles. The van der Waals surface area contributed by atoms with Crippen LogP contribution in [0.1, 0.15) is 16.7 Å². The number of rotatable bonds is 7. The molecule has 9 nitrogen and oxygen atoms in total. The summed E-state index contributed by atoms with van der Waals surface area (Å²) < 4.78 is 68.3. The molecule has 0 aliphatic heterocycles. The third-order valence-electron chi connectivity index (χ3n) is 6.41. The summed E-state index contributed by atoms with van der Waals surface area (Å²) in [5, 5.41) is 9.15. The molecule has 0 atom stereocenters. The second-order valence-electron chi connectivity index (χ2n) is 9.14. The number of halogens is 4. The minimum atomic E-state index is -4.67. The third kappa shape index (κ3) is 5.50. The molecule has 2 heterocycles. The summed E-state index contributed by atoms with van der Waals surface area (Å²) in [6.07, 6.45) is -3.30. The second kappa shape index (κ2) is 10.6. The fourth-order valence-electron chi connectivity index (χ4n) is 4.33. The van der Waals surface area contributed by atoms with Gasteiger partial charge in [0.2, 0.25) is 0 Å². The molecule has 2 N–H and O–H groups in total. The highest BCUT2D eigenvalue weighted by atomic mass is 35.5. The lowest BCUT2D eigenvalue weighted by atomic mass is 10.1. The number of fused-ring (bicyclic) bond motifs is 1. The Balaban J connectivity index is 1.47. The number of carbonyl (C=O) groups is 1. The zero-order valence-corrected chi connectivity index (χ0v) is 22.8. The highest BCUT2D eigenvalue weighted by Crippen LogP contribution is 2.38. The van der Waals surface area contributed by atoms with E-state index in [9.17, 15) is 31.5 Å². The maximum atomic E-state index is 13.5. The van der Waals surface area contributed by atoms with Crippen LogP contribution in [0.3, 0.4) is 0 Å². The zero-order chi connectivity index (χ0) is 29.5. The van der Waals surface area contributed by atoms with E-state index in [-0.39, 0.29) is 23.4 Å². The number of alkyl halides is 3. The lowest BCUT2D eigenvalue weighted by Gasteiger charge is -2.19. The van der Waals surface area contributed by atoms with Gasteiger partial charge in [-0.15, -0.1) is 0 Å². The number of benzene rings is 3. The van der Waals surface area contributed by atoms with Crippen LogP contribution in [-0.4, -0.2) is 50.0 Å². The van der Waals surface area contributed by atoms with Crippen molar-refractivity contribution in [2.75, 3.05) is 6.54 Å². The first-order valence-corrected chi connectivity index (χ1v) is 13.9. The molecule has 0 saturated heterocycles. The summed E-state index contributed by atoms with van der Waals surface area (Å²) >= 11 is 6.01. The van der Waals surface area contributed by atoms with Crippen LogP contribution in [0.4, 0.5) is 18.0 Å². The number of aromatic nitrogens is 4. The molecule has 0 aliphatic rings. The molecule has 0 radical (unpaired) electrons. The van der Waals surface area contributed by atoms with Gasteiger partial charge < -0.3 is 10.1 Å². The molecule has 5 rings (SSSR count). The maximum absolute atomic E-state index is 13.5. The molecule has 0 bridgehead atoms. The summed E-state index contributed by atoms with van der Waals surface area (Å²) in [5.41, 5.74) is 1.81. The van der Waals surface area contributed by atoms with Gasteiger partial charge in [-0.1, -0.05) is 41.4 Å². The summed E-state index contributed by atoms with van der Waals surface area (Å²) in [7, 11) is -4.28. The molecule has 3 aromatic carbocycles. The Hall–Kier alpha value is -4.36. The number of nitrogens with zero attached hydrogens (tertiary/aromatic N) is 4. The lowest BCUT2D eigenvalue weighted by Crippen LogP contribution is -2.37. The van der Waals surface area contributed by atoms with E-state index < -0.39 is 32.9 Å². The molecular formula is C27H21ClF3N5O4S. The van der Waals surface area contributed by atoms with Crippen LogP contribution in [0.15, 0.2) is 78.1 Å². The minimum Gasteiger partial charge on any atom is -0.464 e. The molecule has 0 unspecified atom stereocenters. The Kier molecular flexibility index (Phi) is 7.26. The number of hydrogen-bond acceptors (Lipinski definition) is 5. The molecule has 14 heteroatoms. The number of imidazole rings is 2. The van der Waals surface area contributed by atoms with Gasteiger partial charge in [0.1, 0.15) is 5.69 Å². The van der Waals surface area contributed by atoms with Gasteiger partial charge in [0.05, 0.1) is 39.0 Å². The van der Waals surface area contributed by atoms with Crippen molar-refractivity contribution in [3.05, 3.63) is 94.9 Å². The second-order valence-corrected chi connectivity index (χ2v) is 11.4. The SMILES string of the molecule is Cc1ccc(S(=O)(=O)N(CCc2ccc(-n3c(-c4cnc[nH]4)nc4cc(C(F)(F)F)c(Cl)cc43)cc2)C(=O)O)cc1. The number of H-pyrrole nitrogens is 1. The van der Waals surface area contributed by atoms with Crippen LogP contribution in [0.25, 0.3) is 28.2 Å². The van der Waals surface area contributed by atoms with E-state index >= 15 is 0 Å². The van der Waals surface area contributed by atoms with Crippen molar-refractivity contribution in [2.45, 2.75) is 24.4 Å². The quantitative estimate of drug-likeness (QED) is 0.225. The van der Waals surface area contributed by atoms with Crippen molar-refractivity contribution < 1.29 is 31.5 Å². The number of hydrogen-bond donors (Lipinski definition) is 2. The van der Waals surface area contributed by atoms with Crippen LogP contribution in [-0.2, 0) is 22.6 Å². The number of nitrogens with one attached hydrogen (secondary N) is 1. The molecule has 5 aromatic rings. The average molecular weight is 604 g/mol. The first-order chi connectivity index (χ1) is 19.4. The van der Waals surface area contributed by atoms with Gasteiger partial charge >= 0.3 is 12.3 Å². The Morgan fingerprint density at radius 1 is 1.10 bits per heavy atom. The number of sulfonamides is 1. The van der Waals surface area contributed by atoms with Gasteiger partial charge in [-0.25, -0.2) is 27.5 Å². The summed E-state index contributed by atoms with van der Waals surface area (Å²) in [6.45, 7) is 1.46. The van der Waals surface area contributed by atoms with Gasteiger partial charge in [-0.3, -0.25) is 4.57 Å². The molecule has 0 spiro atoms. The Morgan fingerprint density at radius 2 is 1.78 bits per heavy atom. The summed E-state index contributed by atoms with van der Waals surface area (Å²) in [6, 6.07) is 14.6. The van der Waals surface area contributed by atoms with Crippen LogP contribution in [0.5, 0.6) is 0 Å². The first-order valence-electron chi connectivity index (χ1n) is 12.1. The normalized spacial score (nSPS) is 12.1. The predicted molar refractivity (Wildman–Crippen MR) is 145 cm³/mol. The highest BCUT2D eigenvalue weighted by molar-refractivity contribution is 7.89. The van der Waals surface area contributed by atoms with E-state index in [2.05, 4.69) is 15.0 Å². The van der Waals surface area contributed by atoms with Crippen molar-refractivity contribution in [1.82, 2.24) is 23.8 Å². The predicted octanol–water partition coefficient (Wildman–Crippen LogP) is 6.31. The first kappa shape index (κ1) is 28.2. The van der Waals surface area contributed by atoms with E-state index in [4.69, 9.17) is 11.6 Å². The Labute approximate surface area is 236 Å². The minimum absolute atomic E-state index is 0.0637. The van der Waals surface area contributed by atoms with Crippen molar-refractivity contribution >= 4 is 38.8 Å². The third-order valence-corrected chi connectivity index (χ3v) is 8.51. The van der Waals surface area contributed by atoms with Crippen LogP contribution in [0.2, 0.25) is 5.02 Å². The topological polar surface area (TPSA) is 121 Å². The Morgan fingerprint density at radius 3 is 2.37 bits per heavy atom. The molecule has 0 saturated carbocycles. The van der Waals surface area contributed by atoms with Crippen LogP contribution in [0, 0.1) is 6.92 Å². The van der Waals surface area contributed by atoms with E-state index in [1.807, 2.05) is 0 Å². The van der Waals surface area contributed by atoms with Gasteiger partial charge in [-0.05, 0) is 55.3 Å². The smallest absolute Gasteiger partial charge is 0.421 e. The molecule has 41 heavy (non-hydrogen) atoms. The number of carboxylic acid groups (broad SMARTS) is 1. The average Bonchev–Trinajstić information content (AvgIpc) is 3.56. The largest absolute Gasteiger partial charge is 0.464 e. The van der Waals surface area contributed by atoms with Gasteiger partial charge in [0, 0.05) is 12.2 Å². The van der Waals surface area contributed by atoms with Gasteiger partial charge in [0.25, 0.3) is 10.0 Å². The fourth-order valence-corrected chi connectivity index (χ4v) is 5.87. The van der Waals surface area contributed by atoms with Gasteiger partial charge in [0.15, 0.2) is 5.82 Å². The van der Waals surface area contributed by atoms with Crippen LogP contribution >= 0.6 is 11.6 Å². The summed E-state index contributed by atoms with van der Waals surface area (Å²) in [4.78, 5) is 23.0. The summed E-state index contributed by atoms with van der Waals surface area (Å²) in [5.74, 6) is 0.293. The number of amides is 1. The van der Waals surface area contributed by atoms with Crippen molar-refractivity contribution in [3.8, 4) is 17.2 Å². The maximum Gasteiger partial charge on any atom is 0.421 e. The molecule has 212 valence electrons. The highest BCUT2D eigenvalue weighted by Gasteiger charge is 2.34. The van der Waals surface area contributed by atoms with Crippen molar-refractivity contribution in [3.63, 3.8) is 0 Å². The molecule has 1 amide bonds. The number of aryl methyl sites for hydroxylation is 1. The van der Waals surface area contributed by atoms with Crippen molar-refractivity contribution in [1.29, 1.82) is 0 Å². The Bertz CT molecular complexity index is 1840. The fraction of sp³-hybridized carbons (Fsp3) is 0.148. The van der Waals surface area contributed by atoms with Crippen LogP contribution < -0.4 is 0 Å². The van der Waals surface area contributed by atoms with E-state index in [0.29, 0.717) is 32.6 Å². The van der Waals surface area contributed by atoms with E-state index in [1.54, 1.807) is 47.9 Å².